The third kappa shape index (κ3) is 4.10. The van der Waals surface area contributed by atoms with E-state index in [4.69, 9.17) is 4.74 Å². The summed E-state index contributed by atoms with van der Waals surface area (Å²) in [7, 11) is 0. The van der Waals surface area contributed by atoms with E-state index in [0.29, 0.717) is 29.1 Å². The summed E-state index contributed by atoms with van der Waals surface area (Å²) in [6.45, 7) is 5.73. The highest BCUT2D eigenvalue weighted by Crippen LogP contribution is 2.28. The number of ether oxygens (including phenoxy) is 1. The van der Waals surface area contributed by atoms with Crippen LogP contribution in [0, 0.1) is 13.8 Å². The summed E-state index contributed by atoms with van der Waals surface area (Å²) in [6, 6.07) is 13.4. The Morgan fingerprint density at radius 1 is 1.06 bits per heavy atom. The number of benzene rings is 2. The molecule has 4 rings (SSSR count). The SMILES string of the molecule is CCOC(=O)c1c(C)nn(-c2ccc(C(=O)Nc3cccc4c3CCCC4)cc2)c1C. The molecule has 0 bridgehead atoms. The number of carbonyl (C=O) groups is 2. The van der Waals surface area contributed by atoms with Crippen molar-refractivity contribution in [2.45, 2.75) is 46.5 Å². The molecule has 1 aromatic heterocycles. The van der Waals surface area contributed by atoms with Crippen LogP contribution < -0.4 is 5.32 Å². The highest BCUT2D eigenvalue weighted by atomic mass is 16.5. The first-order valence-electron chi connectivity index (χ1n) is 10.8. The number of esters is 1. The van der Waals surface area contributed by atoms with Crippen molar-refractivity contribution in [1.29, 1.82) is 0 Å². The molecule has 0 unspecified atom stereocenters. The van der Waals surface area contributed by atoms with Crippen LogP contribution in [0.3, 0.4) is 0 Å². The van der Waals surface area contributed by atoms with Gasteiger partial charge in [-0.25, -0.2) is 9.48 Å². The zero-order valence-corrected chi connectivity index (χ0v) is 18.2. The molecule has 6 nitrogen and oxygen atoms in total. The van der Waals surface area contributed by atoms with E-state index in [1.165, 1.54) is 17.5 Å². The molecular weight excluding hydrogens is 390 g/mol. The van der Waals surface area contributed by atoms with E-state index in [9.17, 15) is 9.59 Å². The Kier molecular flexibility index (Phi) is 5.89. The number of carbonyl (C=O) groups excluding carboxylic acids is 2. The highest BCUT2D eigenvalue weighted by molar-refractivity contribution is 6.04. The number of anilines is 1. The molecule has 1 aliphatic rings. The number of aryl methyl sites for hydroxylation is 2. The molecule has 1 amide bonds. The van der Waals surface area contributed by atoms with Crippen molar-refractivity contribution in [2.24, 2.45) is 0 Å². The number of rotatable bonds is 5. The van der Waals surface area contributed by atoms with Crippen LogP contribution in [0.5, 0.6) is 0 Å². The first-order chi connectivity index (χ1) is 15.0. The van der Waals surface area contributed by atoms with Crippen LogP contribution in [-0.4, -0.2) is 28.3 Å². The van der Waals surface area contributed by atoms with Gasteiger partial charge >= 0.3 is 5.97 Å². The standard InChI is InChI=1S/C25H27N3O3/c1-4-31-25(30)23-16(2)27-28(17(23)3)20-14-12-19(13-15-20)24(29)26-22-11-7-9-18-8-5-6-10-21(18)22/h7,9,11-15H,4-6,8,10H2,1-3H3,(H,26,29). The van der Waals surface area contributed by atoms with E-state index >= 15 is 0 Å². The fraction of sp³-hybridized carbons (Fsp3) is 0.320. The number of nitrogens with one attached hydrogen (secondary N) is 1. The molecule has 1 heterocycles. The Labute approximate surface area is 182 Å². The average molecular weight is 418 g/mol. The molecule has 0 fully saturated rings. The average Bonchev–Trinajstić information content (AvgIpc) is 3.08. The molecule has 2 aromatic carbocycles. The second kappa shape index (κ2) is 8.76. The number of hydrogen-bond acceptors (Lipinski definition) is 4. The molecule has 0 radical (unpaired) electrons. The third-order valence-corrected chi connectivity index (χ3v) is 5.79. The molecule has 0 aliphatic heterocycles. The van der Waals surface area contributed by atoms with Gasteiger partial charge in [0.2, 0.25) is 0 Å². The maximum Gasteiger partial charge on any atom is 0.341 e. The minimum atomic E-state index is -0.369. The van der Waals surface area contributed by atoms with Crippen molar-refractivity contribution in [3.05, 3.63) is 76.1 Å². The normalized spacial score (nSPS) is 12.9. The molecule has 31 heavy (non-hydrogen) atoms. The Bertz CT molecular complexity index is 1130. The van der Waals surface area contributed by atoms with E-state index in [1.807, 2.05) is 31.2 Å². The van der Waals surface area contributed by atoms with Crippen LogP contribution in [0.4, 0.5) is 5.69 Å². The van der Waals surface area contributed by atoms with Gasteiger partial charge in [0, 0.05) is 11.3 Å². The van der Waals surface area contributed by atoms with Gasteiger partial charge in [-0.3, -0.25) is 4.79 Å². The molecule has 0 saturated carbocycles. The third-order valence-electron chi connectivity index (χ3n) is 5.79. The zero-order chi connectivity index (χ0) is 22.0. The minimum absolute atomic E-state index is 0.133. The molecule has 0 atom stereocenters. The van der Waals surface area contributed by atoms with Crippen LogP contribution >= 0.6 is 0 Å². The smallest absolute Gasteiger partial charge is 0.341 e. The predicted molar refractivity (Wildman–Crippen MR) is 120 cm³/mol. The van der Waals surface area contributed by atoms with Gasteiger partial charge in [0.15, 0.2) is 0 Å². The van der Waals surface area contributed by atoms with E-state index < -0.39 is 0 Å². The lowest BCUT2D eigenvalue weighted by Gasteiger charge is -2.19. The van der Waals surface area contributed by atoms with Gasteiger partial charge < -0.3 is 10.1 Å². The van der Waals surface area contributed by atoms with Crippen LogP contribution in [0.1, 0.15) is 63.0 Å². The molecule has 1 aliphatic carbocycles. The molecule has 1 N–H and O–H groups in total. The molecule has 0 spiro atoms. The van der Waals surface area contributed by atoms with E-state index in [1.54, 1.807) is 30.7 Å². The Hall–Kier alpha value is -3.41. The Morgan fingerprint density at radius 2 is 1.81 bits per heavy atom. The van der Waals surface area contributed by atoms with Gasteiger partial charge in [-0.15, -0.1) is 0 Å². The highest BCUT2D eigenvalue weighted by Gasteiger charge is 2.21. The summed E-state index contributed by atoms with van der Waals surface area (Å²) in [4.78, 5) is 25.1. The van der Waals surface area contributed by atoms with Crippen molar-refractivity contribution >= 4 is 17.6 Å². The summed E-state index contributed by atoms with van der Waals surface area (Å²) in [6.07, 6.45) is 4.44. The number of fused-ring (bicyclic) bond motifs is 1. The summed E-state index contributed by atoms with van der Waals surface area (Å²) in [5.74, 6) is -0.503. The Balaban J connectivity index is 1.55. The fourth-order valence-electron chi connectivity index (χ4n) is 4.24. The van der Waals surface area contributed by atoms with Crippen LogP contribution in [0.15, 0.2) is 42.5 Å². The fourth-order valence-corrected chi connectivity index (χ4v) is 4.24. The molecular formula is C25H27N3O3. The van der Waals surface area contributed by atoms with Crippen molar-refractivity contribution < 1.29 is 14.3 Å². The monoisotopic (exact) mass is 417 g/mol. The topological polar surface area (TPSA) is 73.2 Å². The van der Waals surface area contributed by atoms with Crippen LogP contribution in [0.25, 0.3) is 5.69 Å². The number of amides is 1. The minimum Gasteiger partial charge on any atom is -0.462 e. The van der Waals surface area contributed by atoms with Gasteiger partial charge in [-0.1, -0.05) is 12.1 Å². The lowest BCUT2D eigenvalue weighted by molar-refractivity contribution is 0.0524. The first-order valence-corrected chi connectivity index (χ1v) is 10.8. The lowest BCUT2D eigenvalue weighted by atomic mass is 9.90. The molecule has 3 aromatic rings. The number of nitrogens with zero attached hydrogens (tertiary/aromatic N) is 2. The van der Waals surface area contributed by atoms with Gasteiger partial charge in [-0.2, -0.15) is 5.10 Å². The van der Waals surface area contributed by atoms with Crippen LogP contribution in [-0.2, 0) is 17.6 Å². The quantitative estimate of drug-likeness (QED) is 0.606. The van der Waals surface area contributed by atoms with E-state index in [-0.39, 0.29) is 11.9 Å². The first kappa shape index (κ1) is 20.8. The lowest BCUT2D eigenvalue weighted by Crippen LogP contribution is -2.15. The van der Waals surface area contributed by atoms with Crippen molar-refractivity contribution in [3.63, 3.8) is 0 Å². The van der Waals surface area contributed by atoms with Crippen molar-refractivity contribution in [2.75, 3.05) is 11.9 Å². The number of aromatic nitrogens is 2. The van der Waals surface area contributed by atoms with Crippen molar-refractivity contribution in [3.8, 4) is 5.69 Å². The van der Waals surface area contributed by atoms with Gasteiger partial charge in [-0.05, 0) is 87.9 Å². The largest absolute Gasteiger partial charge is 0.462 e. The maximum atomic E-state index is 12.8. The summed E-state index contributed by atoms with van der Waals surface area (Å²) >= 11 is 0. The maximum absolute atomic E-state index is 12.8. The van der Waals surface area contributed by atoms with Gasteiger partial charge in [0.1, 0.15) is 5.56 Å². The van der Waals surface area contributed by atoms with E-state index in [0.717, 1.165) is 30.6 Å². The van der Waals surface area contributed by atoms with Crippen LogP contribution in [0.2, 0.25) is 0 Å². The molecule has 0 saturated heterocycles. The second-order valence-corrected chi connectivity index (χ2v) is 7.83. The van der Waals surface area contributed by atoms with Gasteiger partial charge in [0.25, 0.3) is 5.91 Å². The van der Waals surface area contributed by atoms with Crippen molar-refractivity contribution in [1.82, 2.24) is 9.78 Å². The summed E-state index contributed by atoms with van der Waals surface area (Å²) in [5.41, 5.74) is 6.67. The Morgan fingerprint density at radius 3 is 2.55 bits per heavy atom. The summed E-state index contributed by atoms with van der Waals surface area (Å²) < 4.78 is 6.85. The zero-order valence-electron chi connectivity index (χ0n) is 18.2. The summed E-state index contributed by atoms with van der Waals surface area (Å²) in [5, 5.41) is 7.57. The predicted octanol–water partition coefficient (Wildman–Crippen LogP) is 4.80. The molecule has 6 heteroatoms. The molecule has 160 valence electrons. The van der Waals surface area contributed by atoms with Gasteiger partial charge in [0.05, 0.1) is 23.7 Å². The number of hydrogen-bond donors (Lipinski definition) is 1. The second-order valence-electron chi connectivity index (χ2n) is 7.83. The van der Waals surface area contributed by atoms with E-state index in [2.05, 4.69) is 16.5 Å².